The predicted molar refractivity (Wildman–Crippen MR) is 94.9 cm³/mol. The number of hydrogen-bond acceptors (Lipinski definition) is 3. The van der Waals surface area contributed by atoms with Crippen molar-refractivity contribution in [2.75, 3.05) is 30.9 Å². The van der Waals surface area contributed by atoms with E-state index in [1.165, 1.54) is 0 Å². The highest BCUT2D eigenvalue weighted by atomic mass is 16.2. The molecule has 0 unspecified atom stereocenters. The van der Waals surface area contributed by atoms with Gasteiger partial charge in [-0.05, 0) is 36.2 Å². The molecule has 0 saturated heterocycles. The third-order valence-electron chi connectivity index (χ3n) is 4.21. The van der Waals surface area contributed by atoms with Crippen LogP contribution in [0.15, 0.2) is 48.5 Å². The second kappa shape index (κ2) is 6.32. The molecule has 1 atom stereocenters. The van der Waals surface area contributed by atoms with E-state index in [1.807, 2.05) is 43.3 Å². The van der Waals surface area contributed by atoms with Crippen LogP contribution in [0.2, 0.25) is 0 Å². The molecule has 4 heteroatoms. The van der Waals surface area contributed by atoms with Gasteiger partial charge in [0, 0.05) is 32.0 Å². The van der Waals surface area contributed by atoms with Gasteiger partial charge in [0.1, 0.15) is 6.17 Å². The first-order chi connectivity index (χ1) is 11.1. The topological polar surface area (TPSA) is 35.6 Å². The normalized spacial score (nSPS) is 16.7. The average Bonchev–Trinajstić information content (AvgIpc) is 2.57. The van der Waals surface area contributed by atoms with E-state index < -0.39 is 0 Å². The molecule has 0 radical (unpaired) electrons. The van der Waals surface area contributed by atoms with Gasteiger partial charge in [-0.3, -0.25) is 4.79 Å². The molecule has 2 aromatic carbocycles. The van der Waals surface area contributed by atoms with Crippen molar-refractivity contribution in [3.8, 4) is 0 Å². The summed E-state index contributed by atoms with van der Waals surface area (Å²) in [5, 5.41) is 3.52. The Morgan fingerprint density at radius 3 is 2.43 bits per heavy atom. The number of benzene rings is 2. The molecule has 4 nitrogen and oxygen atoms in total. The first-order valence-corrected chi connectivity index (χ1v) is 8.05. The van der Waals surface area contributed by atoms with Crippen LogP contribution in [0.1, 0.15) is 35.4 Å². The lowest BCUT2D eigenvalue weighted by Gasteiger charge is -2.38. The zero-order valence-electron chi connectivity index (χ0n) is 13.9. The minimum absolute atomic E-state index is 0.0999. The van der Waals surface area contributed by atoms with Gasteiger partial charge in [-0.15, -0.1) is 0 Å². The number of nitrogens with zero attached hydrogens (tertiary/aromatic N) is 2. The van der Waals surface area contributed by atoms with Crippen LogP contribution in [0.5, 0.6) is 0 Å². The molecular weight excluding hydrogens is 286 g/mol. The first-order valence-electron chi connectivity index (χ1n) is 8.05. The molecule has 1 aliphatic heterocycles. The summed E-state index contributed by atoms with van der Waals surface area (Å²) >= 11 is 0. The highest BCUT2D eigenvalue weighted by Gasteiger charge is 2.31. The summed E-state index contributed by atoms with van der Waals surface area (Å²) in [6, 6.07) is 16.1. The Balaban J connectivity index is 1.97. The Morgan fingerprint density at radius 2 is 1.78 bits per heavy atom. The van der Waals surface area contributed by atoms with Gasteiger partial charge in [0.2, 0.25) is 0 Å². The summed E-state index contributed by atoms with van der Waals surface area (Å²) in [5.41, 5.74) is 3.92. The van der Waals surface area contributed by atoms with Crippen molar-refractivity contribution in [3.63, 3.8) is 0 Å². The molecule has 1 N–H and O–H groups in total. The van der Waals surface area contributed by atoms with Crippen molar-refractivity contribution in [2.45, 2.75) is 19.5 Å². The fourth-order valence-electron chi connectivity index (χ4n) is 2.98. The maximum absolute atomic E-state index is 12.8. The van der Waals surface area contributed by atoms with Gasteiger partial charge in [-0.1, -0.05) is 31.2 Å². The summed E-state index contributed by atoms with van der Waals surface area (Å²) in [5.74, 6) is 0.0999. The fourth-order valence-corrected chi connectivity index (χ4v) is 2.98. The number of hydrogen-bond donors (Lipinski definition) is 1. The number of fused-ring (bicyclic) bond motifs is 1. The smallest absolute Gasteiger partial charge is 0.257 e. The Hall–Kier alpha value is -2.49. The number of amides is 1. The molecule has 23 heavy (non-hydrogen) atoms. The van der Waals surface area contributed by atoms with Gasteiger partial charge < -0.3 is 15.1 Å². The van der Waals surface area contributed by atoms with Crippen LogP contribution in [0.3, 0.4) is 0 Å². The monoisotopic (exact) mass is 309 g/mol. The molecule has 120 valence electrons. The average molecular weight is 309 g/mol. The molecule has 0 bridgehead atoms. The molecule has 1 heterocycles. The van der Waals surface area contributed by atoms with Gasteiger partial charge in [-0.2, -0.15) is 0 Å². The third-order valence-corrected chi connectivity index (χ3v) is 4.21. The third kappa shape index (κ3) is 2.89. The standard InChI is InChI=1S/C19H23N3O/c1-4-13-22-18(14-9-11-15(12-10-14)21(2)3)20-17-8-6-5-7-16(17)19(22)23/h5-12,18,20H,4,13H2,1-3H3/t18-/m0/s1. The lowest BCUT2D eigenvalue weighted by molar-refractivity contribution is 0.0683. The Kier molecular flexibility index (Phi) is 4.24. The minimum atomic E-state index is -0.117. The van der Waals surface area contributed by atoms with E-state index in [4.69, 9.17) is 0 Å². The summed E-state index contributed by atoms with van der Waals surface area (Å²) in [4.78, 5) is 16.8. The molecule has 0 spiro atoms. The maximum atomic E-state index is 12.8. The quantitative estimate of drug-likeness (QED) is 0.935. The minimum Gasteiger partial charge on any atom is -0.378 e. The molecular formula is C19H23N3O. The lowest BCUT2D eigenvalue weighted by Crippen LogP contribution is -2.43. The SMILES string of the molecule is CCCN1C(=O)c2ccccc2N[C@@H]1c1ccc(N(C)C)cc1. The number of nitrogens with one attached hydrogen (secondary N) is 1. The summed E-state index contributed by atoms with van der Waals surface area (Å²) in [6.45, 7) is 2.83. The summed E-state index contributed by atoms with van der Waals surface area (Å²) in [6.07, 6.45) is 0.815. The molecule has 3 rings (SSSR count). The number of anilines is 2. The van der Waals surface area contributed by atoms with Crippen LogP contribution >= 0.6 is 0 Å². The largest absolute Gasteiger partial charge is 0.378 e. The summed E-state index contributed by atoms with van der Waals surface area (Å²) < 4.78 is 0. The van der Waals surface area contributed by atoms with E-state index in [2.05, 4.69) is 41.4 Å². The van der Waals surface area contributed by atoms with Gasteiger partial charge >= 0.3 is 0 Å². The number of carbonyl (C=O) groups is 1. The molecule has 2 aromatic rings. The van der Waals surface area contributed by atoms with Gasteiger partial charge in [0.25, 0.3) is 5.91 Å². The second-order valence-electron chi connectivity index (χ2n) is 6.08. The van der Waals surface area contributed by atoms with Crippen molar-refractivity contribution in [1.82, 2.24) is 4.90 Å². The number of carbonyl (C=O) groups excluding carboxylic acids is 1. The van der Waals surface area contributed by atoms with Crippen LogP contribution in [0, 0.1) is 0 Å². The first kappa shape index (κ1) is 15.4. The number of rotatable bonds is 4. The van der Waals surface area contributed by atoms with Crippen molar-refractivity contribution in [2.24, 2.45) is 0 Å². The molecule has 0 fully saturated rings. The van der Waals surface area contributed by atoms with E-state index in [-0.39, 0.29) is 12.1 Å². The highest BCUT2D eigenvalue weighted by molar-refractivity contribution is 6.01. The fraction of sp³-hybridized carbons (Fsp3) is 0.316. The highest BCUT2D eigenvalue weighted by Crippen LogP contribution is 2.33. The van der Waals surface area contributed by atoms with Gasteiger partial charge in [0.05, 0.1) is 5.56 Å². The van der Waals surface area contributed by atoms with E-state index in [0.717, 1.165) is 35.5 Å². The zero-order valence-corrected chi connectivity index (χ0v) is 13.9. The van der Waals surface area contributed by atoms with Gasteiger partial charge in [0.15, 0.2) is 0 Å². The molecule has 0 saturated carbocycles. The Labute approximate surface area is 137 Å². The van der Waals surface area contributed by atoms with E-state index in [1.54, 1.807) is 0 Å². The van der Waals surface area contributed by atoms with Crippen LogP contribution in [0.25, 0.3) is 0 Å². The van der Waals surface area contributed by atoms with E-state index in [9.17, 15) is 4.79 Å². The van der Waals surface area contributed by atoms with Gasteiger partial charge in [-0.25, -0.2) is 0 Å². The molecule has 1 aliphatic rings. The van der Waals surface area contributed by atoms with E-state index in [0.29, 0.717) is 0 Å². The summed E-state index contributed by atoms with van der Waals surface area (Å²) in [7, 11) is 4.05. The van der Waals surface area contributed by atoms with Crippen LogP contribution in [-0.4, -0.2) is 31.4 Å². The second-order valence-corrected chi connectivity index (χ2v) is 6.08. The van der Waals surface area contributed by atoms with Crippen molar-refractivity contribution in [3.05, 3.63) is 59.7 Å². The maximum Gasteiger partial charge on any atom is 0.257 e. The van der Waals surface area contributed by atoms with Crippen LogP contribution in [-0.2, 0) is 0 Å². The predicted octanol–water partition coefficient (Wildman–Crippen LogP) is 3.73. The molecule has 0 aliphatic carbocycles. The van der Waals surface area contributed by atoms with E-state index >= 15 is 0 Å². The molecule has 0 aromatic heterocycles. The Morgan fingerprint density at radius 1 is 1.09 bits per heavy atom. The van der Waals surface area contributed by atoms with Crippen molar-refractivity contribution in [1.29, 1.82) is 0 Å². The Bertz CT molecular complexity index is 694. The van der Waals surface area contributed by atoms with Crippen LogP contribution < -0.4 is 10.2 Å². The van der Waals surface area contributed by atoms with Crippen molar-refractivity contribution >= 4 is 17.3 Å². The van der Waals surface area contributed by atoms with Crippen LogP contribution in [0.4, 0.5) is 11.4 Å². The van der Waals surface area contributed by atoms with Crippen molar-refractivity contribution < 1.29 is 4.79 Å². The molecule has 1 amide bonds. The number of para-hydroxylation sites is 1. The zero-order chi connectivity index (χ0) is 16.4. The lowest BCUT2D eigenvalue weighted by atomic mass is 10.0.